The summed E-state index contributed by atoms with van der Waals surface area (Å²) in [5.41, 5.74) is 7.81. The fourth-order valence-corrected chi connectivity index (χ4v) is 4.93. The second kappa shape index (κ2) is 8.87. The van der Waals surface area contributed by atoms with E-state index in [0.29, 0.717) is 33.7 Å². The molecule has 1 saturated carbocycles. The number of pyridine rings is 1. The van der Waals surface area contributed by atoms with Crippen LogP contribution in [0.5, 0.6) is 5.75 Å². The summed E-state index contributed by atoms with van der Waals surface area (Å²) >= 11 is 6.64. The van der Waals surface area contributed by atoms with Crippen LogP contribution in [0.4, 0.5) is 5.82 Å². The Hall–Kier alpha value is -2.99. The molecule has 161 valence electrons. The van der Waals surface area contributed by atoms with Crippen molar-refractivity contribution < 1.29 is 13.9 Å². The van der Waals surface area contributed by atoms with E-state index in [4.69, 9.17) is 26.5 Å². The van der Waals surface area contributed by atoms with Gasteiger partial charge in [-0.15, -0.1) is 0 Å². The maximum atomic E-state index is 10.6. The Bertz CT molecular complexity index is 1250. The van der Waals surface area contributed by atoms with Crippen molar-refractivity contribution in [3.8, 4) is 17.1 Å². The summed E-state index contributed by atoms with van der Waals surface area (Å²) in [6.45, 7) is 0. The molecule has 1 fully saturated rings. The van der Waals surface area contributed by atoms with Crippen molar-refractivity contribution in [1.82, 2.24) is 4.98 Å². The lowest BCUT2D eigenvalue weighted by Gasteiger charge is -2.29. The highest BCUT2D eigenvalue weighted by Crippen LogP contribution is 2.40. The minimum Gasteiger partial charge on any atom is -0.490 e. The molecule has 0 aliphatic heterocycles. The Labute approximate surface area is 192 Å². The van der Waals surface area contributed by atoms with Crippen LogP contribution in [-0.2, 0) is 4.79 Å². The van der Waals surface area contributed by atoms with Crippen molar-refractivity contribution in [1.29, 1.82) is 0 Å². The van der Waals surface area contributed by atoms with Gasteiger partial charge in [0.1, 0.15) is 22.9 Å². The molecule has 0 saturated heterocycles. The van der Waals surface area contributed by atoms with Crippen LogP contribution in [0.2, 0.25) is 11.3 Å². The second-order valence-electron chi connectivity index (χ2n) is 8.40. The number of nitrogens with zero attached hydrogens (tertiary/aromatic N) is 1. The number of furan rings is 1. The molecule has 0 unspecified atom stereocenters. The molecule has 0 bridgehead atoms. The number of benzene rings is 2. The minimum absolute atomic E-state index is 0.129. The first kappa shape index (κ1) is 20.9. The number of rotatable bonds is 6. The highest BCUT2D eigenvalue weighted by molar-refractivity contribution is 6.66. The van der Waals surface area contributed by atoms with Crippen molar-refractivity contribution in [2.24, 2.45) is 5.92 Å². The van der Waals surface area contributed by atoms with Crippen LogP contribution < -0.4 is 10.5 Å². The van der Waals surface area contributed by atoms with E-state index >= 15 is 0 Å². The number of para-hydroxylation sites is 1. The van der Waals surface area contributed by atoms with Gasteiger partial charge in [0, 0.05) is 27.9 Å². The Morgan fingerprint density at radius 3 is 2.78 bits per heavy atom. The molecule has 2 N–H and O–H groups in total. The van der Waals surface area contributed by atoms with E-state index < -0.39 is 0 Å². The SMILES string of the molecule is Nc1ncc(-c2cc3ccccc3o2)c2cc(OC3CCC(C[B]C=O)CC3)cc(Cl)c12. The van der Waals surface area contributed by atoms with Gasteiger partial charge in [-0.1, -0.05) is 36.1 Å². The fourth-order valence-electron chi connectivity index (χ4n) is 4.63. The Kier molecular flexibility index (Phi) is 5.79. The van der Waals surface area contributed by atoms with Crippen LogP contribution in [0.1, 0.15) is 25.7 Å². The van der Waals surface area contributed by atoms with Crippen LogP contribution in [0.3, 0.4) is 0 Å². The van der Waals surface area contributed by atoms with Gasteiger partial charge in [-0.3, -0.25) is 0 Å². The summed E-state index contributed by atoms with van der Waals surface area (Å²) in [7, 11) is 1.72. The molecule has 5 rings (SSSR count). The van der Waals surface area contributed by atoms with Gasteiger partial charge in [-0.25, -0.2) is 4.98 Å². The summed E-state index contributed by atoms with van der Waals surface area (Å²) in [4.78, 5) is 14.9. The average Bonchev–Trinajstić information content (AvgIpc) is 3.22. The van der Waals surface area contributed by atoms with Crippen LogP contribution in [0.25, 0.3) is 33.1 Å². The van der Waals surface area contributed by atoms with Gasteiger partial charge in [-0.2, -0.15) is 0 Å². The van der Waals surface area contributed by atoms with E-state index in [-0.39, 0.29) is 6.10 Å². The molecule has 0 amide bonds. The third kappa shape index (κ3) is 4.07. The largest absolute Gasteiger partial charge is 0.490 e. The van der Waals surface area contributed by atoms with Crippen LogP contribution in [0, 0.1) is 5.92 Å². The zero-order valence-corrected chi connectivity index (χ0v) is 18.3. The summed E-state index contributed by atoms with van der Waals surface area (Å²) in [5, 5.41) is 3.09. The quantitative estimate of drug-likeness (QED) is 0.285. The predicted octanol–water partition coefficient (Wildman–Crippen LogP) is 6.13. The lowest BCUT2D eigenvalue weighted by molar-refractivity contribution is 0.136. The number of nitrogen functional groups attached to an aromatic ring is 1. The number of fused-ring (bicyclic) bond motifs is 2. The lowest BCUT2D eigenvalue weighted by Crippen LogP contribution is -2.24. The van der Waals surface area contributed by atoms with E-state index in [1.165, 1.54) is 0 Å². The molecule has 0 atom stereocenters. The maximum Gasteiger partial charge on any atom is 0.197 e. The minimum atomic E-state index is 0.129. The van der Waals surface area contributed by atoms with Crippen molar-refractivity contribution in [2.75, 3.05) is 5.73 Å². The monoisotopic (exact) mass is 445 g/mol. The first-order chi connectivity index (χ1) is 15.6. The molecule has 1 aliphatic rings. The molecule has 5 nitrogen and oxygen atoms in total. The normalized spacial score (nSPS) is 18.7. The maximum absolute atomic E-state index is 10.6. The molecule has 1 aliphatic carbocycles. The Balaban J connectivity index is 1.47. The van der Waals surface area contributed by atoms with Gasteiger partial charge in [0.2, 0.25) is 0 Å². The number of halogens is 1. The zero-order chi connectivity index (χ0) is 22.1. The smallest absolute Gasteiger partial charge is 0.197 e. The number of carbonyl (C=O) groups is 1. The number of hydrogen-bond acceptors (Lipinski definition) is 5. The van der Waals surface area contributed by atoms with Gasteiger partial charge in [-0.05, 0) is 55.9 Å². The fraction of sp³-hybridized carbons (Fsp3) is 0.280. The number of anilines is 1. The molecule has 2 aromatic heterocycles. The third-order valence-electron chi connectivity index (χ3n) is 6.30. The summed E-state index contributed by atoms with van der Waals surface area (Å²) in [6.07, 6.45) is 7.62. The first-order valence-corrected chi connectivity index (χ1v) is 11.3. The number of aromatic nitrogens is 1. The number of hydrogen-bond donors (Lipinski definition) is 1. The van der Waals surface area contributed by atoms with Gasteiger partial charge < -0.3 is 19.7 Å². The number of carbonyl (C=O) groups excluding carboxylic acids is 1. The van der Waals surface area contributed by atoms with E-state index in [0.717, 1.165) is 60.1 Å². The van der Waals surface area contributed by atoms with Gasteiger partial charge in [0.15, 0.2) is 7.28 Å². The van der Waals surface area contributed by atoms with Crippen molar-refractivity contribution >= 4 is 52.6 Å². The van der Waals surface area contributed by atoms with Gasteiger partial charge >= 0.3 is 0 Å². The second-order valence-corrected chi connectivity index (χ2v) is 8.81. The predicted molar refractivity (Wildman–Crippen MR) is 130 cm³/mol. The molecular weight excluding hydrogens is 423 g/mol. The van der Waals surface area contributed by atoms with Gasteiger partial charge in [0.05, 0.1) is 17.3 Å². The highest BCUT2D eigenvalue weighted by Gasteiger charge is 2.23. The molecule has 4 aromatic rings. The first-order valence-electron chi connectivity index (χ1n) is 10.9. The van der Waals surface area contributed by atoms with Crippen LogP contribution in [-0.4, -0.2) is 24.6 Å². The van der Waals surface area contributed by atoms with Crippen molar-refractivity contribution in [2.45, 2.75) is 38.1 Å². The molecular formula is C25H23BClN2O3. The summed E-state index contributed by atoms with van der Waals surface area (Å²) in [6, 6.07) is 13.7. The van der Waals surface area contributed by atoms with Gasteiger partial charge in [0.25, 0.3) is 0 Å². The molecule has 0 spiro atoms. The molecule has 1 radical (unpaired) electrons. The Morgan fingerprint density at radius 1 is 1.19 bits per heavy atom. The molecule has 7 heteroatoms. The number of ether oxygens (including phenoxy) is 1. The molecule has 2 heterocycles. The number of nitrogens with two attached hydrogens (primary N) is 1. The third-order valence-corrected chi connectivity index (χ3v) is 6.59. The van der Waals surface area contributed by atoms with E-state index in [1.807, 2.05) is 42.5 Å². The van der Waals surface area contributed by atoms with E-state index in [1.54, 1.807) is 13.5 Å². The zero-order valence-electron chi connectivity index (χ0n) is 17.6. The van der Waals surface area contributed by atoms with E-state index in [9.17, 15) is 4.79 Å². The molecule has 32 heavy (non-hydrogen) atoms. The standard InChI is InChI=1S/C25H23BClN2O3/c27-21-11-18(31-17-7-5-15(6-8-17)12-26-14-30)10-19-20(13-29-25(28)24(19)21)23-9-16-3-1-2-4-22(16)32-23/h1-4,9-11,13-15,17H,5-8,12H2,(H2,28,29). The van der Waals surface area contributed by atoms with E-state index in [2.05, 4.69) is 4.98 Å². The molecule has 2 aromatic carbocycles. The van der Waals surface area contributed by atoms with Crippen LogP contribution >= 0.6 is 11.6 Å². The summed E-state index contributed by atoms with van der Waals surface area (Å²) in [5.74, 6) is 2.37. The van der Waals surface area contributed by atoms with Crippen LogP contribution in [0.15, 0.2) is 53.1 Å². The topological polar surface area (TPSA) is 78.3 Å². The Morgan fingerprint density at radius 2 is 2.00 bits per heavy atom. The lowest BCUT2D eigenvalue weighted by atomic mass is 9.67. The highest BCUT2D eigenvalue weighted by atomic mass is 35.5. The summed E-state index contributed by atoms with van der Waals surface area (Å²) < 4.78 is 12.4. The average molecular weight is 446 g/mol. The van der Waals surface area contributed by atoms with Crippen molar-refractivity contribution in [3.05, 3.63) is 53.7 Å². The van der Waals surface area contributed by atoms with Crippen molar-refractivity contribution in [3.63, 3.8) is 0 Å².